The van der Waals surface area contributed by atoms with Gasteiger partial charge in [-0.15, -0.1) is 0 Å². The Hall–Kier alpha value is -4.10. The third-order valence-corrected chi connectivity index (χ3v) is 7.12. The number of methoxy groups -OCH3 is 4. The summed E-state index contributed by atoms with van der Waals surface area (Å²) in [6, 6.07) is 22.1. The van der Waals surface area contributed by atoms with Crippen molar-refractivity contribution in [2.24, 2.45) is 0 Å². The molecule has 1 amide bonds. The standard InChI is InChI=1S/C33H39NO6/c1-34(32(36)11-9-23-35)22-8-6-7-10-25-24-28(16-21-31(25)39-4)33(40-5,26-12-17-29(37-2)18-13-26)27-14-19-30(38-3)20-15-27/h9,11-21,23-24H,6-8,10,22H2,1-5H3/b11-9-. The van der Waals surface area contributed by atoms with Crippen molar-refractivity contribution in [1.82, 2.24) is 4.90 Å². The molecule has 3 rings (SSSR count). The topological polar surface area (TPSA) is 74.3 Å². The largest absolute Gasteiger partial charge is 0.497 e. The Morgan fingerprint density at radius 3 is 1.85 bits per heavy atom. The summed E-state index contributed by atoms with van der Waals surface area (Å²) < 4.78 is 22.9. The molecule has 0 unspecified atom stereocenters. The maximum atomic E-state index is 12.0. The number of rotatable bonds is 15. The molecule has 0 aliphatic carbocycles. The number of nitrogens with zero attached hydrogens (tertiary/aromatic N) is 1. The molecule has 212 valence electrons. The van der Waals surface area contributed by atoms with Gasteiger partial charge in [-0.3, -0.25) is 9.59 Å². The van der Waals surface area contributed by atoms with Crippen molar-refractivity contribution in [2.75, 3.05) is 42.0 Å². The number of aryl methyl sites for hydroxylation is 1. The summed E-state index contributed by atoms with van der Waals surface area (Å²) in [4.78, 5) is 24.0. The lowest BCUT2D eigenvalue weighted by molar-refractivity contribution is -0.125. The van der Waals surface area contributed by atoms with Gasteiger partial charge in [-0.25, -0.2) is 0 Å². The highest BCUT2D eigenvalue weighted by molar-refractivity contribution is 5.90. The Morgan fingerprint density at radius 2 is 1.35 bits per heavy atom. The first kappa shape index (κ1) is 30.4. The first-order valence-corrected chi connectivity index (χ1v) is 13.3. The molecule has 0 aromatic heterocycles. The number of hydrogen-bond donors (Lipinski definition) is 0. The number of benzene rings is 3. The molecule has 0 saturated heterocycles. The van der Waals surface area contributed by atoms with Crippen LogP contribution in [0.25, 0.3) is 0 Å². The molecule has 0 heterocycles. The summed E-state index contributed by atoms with van der Waals surface area (Å²) in [5.41, 5.74) is 3.12. The second kappa shape index (κ2) is 14.9. The Morgan fingerprint density at radius 1 is 0.775 bits per heavy atom. The van der Waals surface area contributed by atoms with Crippen LogP contribution in [-0.4, -0.2) is 59.1 Å². The zero-order valence-electron chi connectivity index (χ0n) is 24.0. The Bertz CT molecular complexity index is 1220. The van der Waals surface area contributed by atoms with Crippen molar-refractivity contribution < 1.29 is 28.5 Å². The number of ether oxygens (including phenoxy) is 4. The molecule has 3 aromatic rings. The highest BCUT2D eigenvalue weighted by atomic mass is 16.5. The average molecular weight is 546 g/mol. The van der Waals surface area contributed by atoms with Gasteiger partial charge in [0.15, 0.2) is 0 Å². The Kier molecular flexibility index (Phi) is 11.3. The first-order chi connectivity index (χ1) is 19.4. The van der Waals surface area contributed by atoms with Gasteiger partial charge in [0.05, 0.1) is 21.3 Å². The minimum absolute atomic E-state index is 0.172. The van der Waals surface area contributed by atoms with Crippen LogP contribution in [0.5, 0.6) is 17.2 Å². The molecule has 7 nitrogen and oxygen atoms in total. The smallest absolute Gasteiger partial charge is 0.246 e. The van der Waals surface area contributed by atoms with E-state index in [4.69, 9.17) is 18.9 Å². The number of unbranched alkanes of at least 4 members (excludes halogenated alkanes) is 2. The van der Waals surface area contributed by atoms with Gasteiger partial charge in [-0.2, -0.15) is 0 Å². The number of aldehydes is 1. The minimum Gasteiger partial charge on any atom is -0.497 e. The fraction of sp³-hybridized carbons (Fsp3) is 0.333. The monoisotopic (exact) mass is 545 g/mol. The molecule has 0 N–H and O–H groups in total. The van der Waals surface area contributed by atoms with E-state index in [0.29, 0.717) is 12.8 Å². The third-order valence-electron chi connectivity index (χ3n) is 7.12. The van der Waals surface area contributed by atoms with Crippen molar-refractivity contribution in [1.29, 1.82) is 0 Å². The van der Waals surface area contributed by atoms with Gasteiger partial charge in [0.2, 0.25) is 5.91 Å². The molecule has 0 spiro atoms. The van der Waals surface area contributed by atoms with Crippen molar-refractivity contribution >= 4 is 12.2 Å². The lowest BCUT2D eigenvalue weighted by Gasteiger charge is -2.35. The lowest BCUT2D eigenvalue weighted by atomic mass is 9.79. The van der Waals surface area contributed by atoms with Gasteiger partial charge >= 0.3 is 0 Å². The molecule has 0 saturated carbocycles. The first-order valence-electron chi connectivity index (χ1n) is 13.3. The minimum atomic E-state index is -0.877. The van der Waals surface area contributed by atoms with Crippen LogP contribution in [0.1, 0.15) is 41.5 Å². The van der Waals surface area contributed by atoms with Gasteiger partial charge in [0, 0.05) is 26.8 Å². The molecule has 0 fully saturated rings. The molecule has 7 heteroatoms. The van der Waals surface area contributed by atoms with Gasteiger partial charge in [-0.05, 0) is 84.0 Å². The van der Waals surface area contributed by atoms with E-state index in [1.165, 1.54) is 12.2 Å². The molecule has 0 aliphatic heterocycles. The molecule has 0 radical (unpaired) electrons. The van der Waals surface area contributed by atoms with E-state index >= 15 is 0 Å². The maximum Gasteiger partial charge on any atom is 0.246 e. The normalized spacial score (nSPS) is 11.3. The van der Waals surface area contributed by atoms with Crippen LogP contribution in [-0.2, 0) is 26.3 Å². The van der Waals surface area contributed by atoms with Crippen LogP contribution in [0.15, 0.2) is 78.9 Å². The van der Waals surface area contributed by atoms with Crippen LogP contribution in [0, 0.1) is 0 Å². The Balaban J connectivity index is 1.89. The number of carbonyl (C=O) groups excluding carboxylic acids is 2. The zero-order chi connectivity index (χ0) is 29.0. The summed E-state index contributed by atoms with van der Waals surface area (Å²) >= 11 is 0. The maximum absolute atomic E-state index is 12.0. The number of allylic oxidation sites excluding steroid dienone is 1. The van der Waals surface area contributed by atoms with Gasteiger partial charge < -0.3 is 23.8 Å². The molecule has 0 atom stereocenters. The van der Waals surface area contributed by atoms with Crippen LogP contribution >= 0.6 is 0 Å². The highest BCUT2D eigenvalue weighted by Gasteiger charge is 2.37. The van der Waals surface area contributed by atoms with Gasteiger partial charge in [0.1, 0.15) is 29.1 Å². The number of carbonyl (C=O) groups is 2. The summed E-state index contributed by atoms with van der Waals surface area (Å²) in [6.07, 6.45) is 6.65. The number of amides is 1. The molecule has 0 bridgehead atoms. The van der Waals surface area contributed by atoms with E-state index in [0.717, 1.165) is 65.2 Å². The lowest BCUT2D eigenvalue weighted by Crippen LogP contribution is -2.31. The van der Waals surface area contributed by atoms with Crippen LogP contribution in [0.4, 0.5) is 0 Å². The highest BCUT2D eigenvalue weighted by Crippen LogP contribution is 2.42. The van der Waals surface area contributed by atoms with E-state index in [1.807, 2.05) is 60.7 Å². The van der Waals surface area contributed by atoms with Gasteiger partial charge in [0.25, 0.3) is 0 Å². The summed E-state index contributed by atoms with van der Waals surface area (Å²) in [7, 11) is 8.45. The zero-order valence-corrected chi connectivity index (χ0v) is 24.0. The van der Waals surface area contributed by atoms with Crippen LogP contribution < -0.4 is 14.2 Å². The number of hydrogen-bond acceptors (Lipinski definition) is 6. The number of likely N-dealkylation sites (N-methyl/N-ethyl adjacent to an activating group) is 1. The van der Waals surface area contributed by atoms with Crippen molar-refractivity contribution in [2.45, 2.75) is 31.3 Å². The van der Waals surface area contributed by atoms with Crippen molar-refractivity contribution in [3.05, 3.63) is 101 Å². The Labute approximate surface area is 237 Å². The molecule has 40 heavy (non-hydrogen) atoms. The quantitative estimate of drug-likeness (QED) is 0.108. The van der Waals surface area contributed by atoms with Crippen LogP contribution in [0.3, 0.4) is 0 Å². The van der Waals surface area contributed by atoms with Crippen LogP contribution in [0.2, 0.25) is 0 Å². The summed E-state index contributed by atoms with van der Waals surface area (Å²) in [5, 5.41) is 0. The van der Waals surface area contributed by atoms with Crippen molar-refractivity contribution in [3.8, 4) is 17.2 Å². The molecule has 3 aromatic carbocycles. The van der Waals surface area contributed by atoms with E-state index < -0.39 is 5.60 Å². The van der Waals surface area contributed by atoms with E-state index in [9.17, 15) is 9.59 Å². The molecular formula is C33H39NO6. The predicted molar refractivity (Wildman–Crippen MR) is 156 cm³/mol. The average Bonchev–Trinajstić information content (AvgIpc) is 3.00. The fourth-order valence-electron chi connectivity index (χ4n) is 4.90. The van der Waals surface area contributed by atoms with Gasteiger partial charge in [-0.1, -0.05) is 36.8 Å². The summed E-state index contributed by atoms with van der Waals surface area (Å²) in [6.45, 7) is 0.626. The SMILES string of the molecule is COc1ccc(C(OC)(c2ccc(OC)cc2)c2ccc(OC)c(CCCCCN(C)C(=O)/C=C\C=O)c2)cc1. The second-order valence-corrected chi connectivity index (χ2v) is 9.43. The predicted octanol–water partition coefficient (Wildman–Crippen LogP) is 5.58. The summed E-state index contributed by atoms with van der Waals surface area (Å²) in [5.74, 6) is 2.19. The van der Waals surface area contributed by atoms with E-state index in [1.54, 1.807) is 40.4 Å². The second-order valence-electron chi connectivity index (χ2n) is 9.43. The molecular weight excluding hydrogens is 506 g/mol. The van der Waals surface area contributed by atoms with E-state index in [-0.39, 0.29) is 5.91 Å². The van der Waals surface area contributed by atoms with Crippen molar-refractivity contribution in [3.63, 3.8) is 0 Å². The van der Waals surface area contributed by atoms with E-state index in [2.05, 4.69) is 6.07 Å². The fourth-order valence-corrected chi connectivity index (χ4v) is 4.90. The molecule has 0 aliphatic rings. The third kappa shape index (κ3) is 7.10.